The Hall–Kier alpha value is -2.17. The third-order valence-corrected chi connectivity index (χ3v) is 8.08. The van der Waals surface area contributed by atoms with Crippen molar-refractivity contribution in [2.24, 2.45) is 17.8 Å². The van der Waals surface area contributed by atoms with E-state index in [4.69, 9.17) is 14.2 Å². The lowest BCUT2D eigenvalue weighted by atomic mass is 9.70. The first-order valence-corrected chi connectivity index (χ1v) is 13.0. The van der Waals surface area contributed by atoms with Gasteiger partial charge in [-0.3, -0.25) is 14.4 Å². The van der Waals surface area contributed by atoms with Crippen LogP contribution < -0.4 is 10.1 Å². The van der Waals surface area contributed by atoms with E-state index in [0.29, 0.717) is 24.3 Å². The first-order valence-electron chi connectivity index (χ1n) is 12.0. The average Bonchev–Trinajstić information content (AvgIpc) is 3.41. The van der Waals surface area contributed by atoms with Gasteiger partial charge in [0.15, 0.2) is 0 Å². The molecule has 2 N–H and O–H groups in total. The molecule has 192 valence electrons. The lowest BCUT2D eigenvalue weighted by Crippen LogP contribution is -2.56. The van der Waals surface area contributed by atoms with Crippen molar-refractivity contribution in [3.63, 3.8) is 0 Å². The number of likely N-dealkylation sites (tertiary alicyclic amines) is 1. The standard InChI is InChI=1S/C25H33BrN2O7/c1-5-34-24(32)18-19-23(31)28(15(12-29)10-13(2)3)21(25(19)11-17(26)20(18)35-25)22(30)27-14-6-8-16(33-4)9-7-14/h6-9,13,15,17-21,29H,5,10-12H2,1-4H3,(H,27,30)/t15-,17?,18-,19+,20-,21-,25+/m1/s1. The fraction of sp³-hybridized carbons (Fsp3) is 0.640. The summed E-state index contributed by atoms with van der Waals surface area (Å²) in [6, 6.07) is 5.29. The molecule has 0 saturated carbocycles. The number of rotatable bonds is 9. The lowest BCUT2D eigenvalue weighted by Gasteiger charge is -2.37. The SMILES string of the molecule is CCOC(=O)[C@H]1[C@@H]2O[C@@]3(CC2Br)[C@@H]1C(=O)N([C@@H](CO)CC(C)C)[C@@H]3C(=O)Nc1ccc(OC)cc1. The number of carbonyl (C=O) groups is 3. The van der Waals surface area contributed by atoms with Crippen molar-refractivity contribution >= 4 is 39.4 Å². The van der Waals surface area contributed by atoms with Crippen LogP contribution in [0.4, 0.5) is 5.69 Å². The Labute approximate surface area is 213 Å². The van der Waals surface area contributed by atoms with Crippen LogP contribution in [0.3, 0.4) is 0 Å². The summed E-state index contributed by atoms with van der Waals surface area (Å²) in [7, 11) is 1.56. The van der Waals surface area contributed by atoms with Crippen LogP contribution >= 0.6 is 15.9 Å². The number of halogens is 1. The van der Waals surface area contributed by atoms with Gasteiger partial charge in [0.05, 0.1) is 44.3 Å². The van der Waals surface area contributed by atoms with E-state index < -0.39 is 47.5 Å². The molecule has 1 aromatic carbocycles. The Morgan fingerprint density at radius 3 is 2.57 bits per heavy atom. The van der Waals surface area contributed by atoms with Gasteiger partial charge in [0.2, 0.25) is 11.8 Å². The number of methoxy groups -OCH3 is 1. The van der Waals surface area contributed by atoms with E-state index in [1.807, 2.05) is 13.8 Å². The minimum absolute atomic E-state index is 0.171. The van der Waals surface area contributed by atoms with Gasteiger partial charge in [-0.2, -0.15) is 0 Å². The predicted molar refractivity (Wildman–Crippen MR) is 131 cm³/mol. The van der Waals surface area contributed by atoms with E-state index >= 15 is 0 Å². The second-order valence-electron chi connectivity index (χ2n) is 9.84. The number of benzene rings is 1. The third-order valence-electron chi connectivity index (χ3n) is 7.24. The topological polar surface area (TPSA) is 114 Å². The van der Waals surface area contributed by atoms with Crippen LogP contribution in [0.15, 0.2) is 24.3 Å². The van der Waals surface area contributed by atoms with Gasteiger partial charge in [-0.25, -0.2) is 0 Å². The van der Waals surface area contributed by atoms with Gasteiger partial charge in [-0.1, -0.05) is 29.8 Å². The zero-order valence-electron chi connectivity index (χ0n) is 20.4. The Morgan fingerprint density at radius 1 is 1.31 bits per heavy atom. The zero-order valence-corrected chi connectivity index (χ0v) is 22.0. The molecule has 2 amide bonds. The number of nitrogens with one attached hydrogen (secondary N) is 1. The molecule has 1 unspecified atom stereocenters. The normalized spacial score (nSPS) is 32.0. The largest absolute Gasteiger partial charge is 0.497 e. The fourth-order valence-corrected chi connectivity index (χ4v) is 6.92. The van der Waals surface area contributed by atoms with Crippen LogP contribution in [0.1, 0.15) is 33.6 Å². The molecule has 1 aromatic rings. The van der Waals surface area contributed by atoms with Gasteiger partial charge in [-0.15, -0.1) is 0 Å². The number of ether oxygens (including phenoxy) is 3. The van der Waals surface area contributed by atoms with Crippen molar-refractivity contribution in [3.8, 4) is 5.75 Å². The van der Waals surface area contributed by atoms with Gasteiger partial charge >= 0.3 is 5.97 Å². The fourth-order valence-electron chi connectivity index (χ4n) is 5.97. The van der Waals surface area contributed by atoms with E-state index in [-0.39, 0.29) is 29.9 Å². The number of alkyl halides is 1. The number of hydrogen-bond donors (Lipinski definition) is 2. The highest BCUT2D eigenvalue weighted by Gasteiger charge is 2.77. The number of aliphatic hydroxyl groups excluding tert-OH is 1. The Kier molecular flexibility index (Phi) is 7.45. The first-order chi connectivity index (χ1) is 16.7. The number of hydrogen-bond acceptors (Lipinski definition) is 7. The number of anilines is 1. The Morgan fingerprint density at radius 2 is 2.00 bits per heavy atom. The zero-order chi connectivity index (χ0) is 25.5. The summed E-state index contributed by atoms with van der Waals surface area (Å²) in [6.45, 7) is 5.58. The minimum Gasteiger partial charge on any atom is -0.497 e. The maximum atomic E-state index is 13.9. The molecule has 3 heterocycles. The molecule has 0 aromatic heterocycles. The summed E-state index contributed by atoms with van der Waals surface area (Å²) in [6.07, 6.45) is 0.322. The van der Waals surface area contributed by atoms with E-state index in [9.17, 15) is 19.5 Å². The van der Waals surface area contributed by atoms with Crippen LogP contribution in [-0.4, -0.2) is 76.7 Å². The van der Waals surface area contributed by atoms with Crippen LogP contribution in [0.5, 0.6) is 5.75 Å². The summed E-state index contributed by atoms with van der Waals surface area (Å²) < 4.78 is 16.9. The number of fused-ring (bicyclic) bond motifs is 1. The van der Waals surface area contributed by atoms with E-state index in [1.165, 1.54) is 4.90 Å². The van der Waals surface area contributed by atoms with E-state index in [0.717, 1.165) is 0 Å². The molecule has 1 spiro atoms. The quantitative estimate of drug-likeness (QED) is 0.357. The molecular formula is C25H33BrN2O7. The average molecular weight is 553 g/mol. The highest BCUT2D eigenvalue weighted by Crippen LogP contribution is 2.60. The number of nitrogens with zero attached hydrogens (tertiary/aromatic N) is 1. The number of amides is 2. The summed E-state index contributed by atoms with van der Waals surface area (Å²) in [5.41, 5.74) is -0.661. The summed E-state index contributed by atoms with van der Waals surface area (Å²) in [5, 5.41) is 13.2. The van der Waals surface area contributed by atoms with Gasteiger partial charge in [0, 0.05) is 10.5 Å². The number of esters is 1. The maximum absolute atomic E-state index is 13.9. The van der Waals surface area contributed by atoms with Crippen molar-refractivity contribution in [2.75, 3.05) is 25.6 Å². The molecule has 3 aliphatic rings. The van der Waals surface area contributed by atoms with Crippen LogP contribution in [0.2, 0.25) is 0 Å². The highest BCUT2D eigenvalue weighted by molar-refractivity contribution is 9.09. The Balaban J connectivity index is 1.75. The van der Waals surface area contributed by atoms with E-state index in [2.05, 4.69) is 21.2 Å². The molecule has 10 heteroatoms. The number of aliphatic hydroxyl groups is 1. The first kappa shape index (κ1) is 25.9. The van der Waals surface area contributed by atoms with Gasteiger partial charge in [0.1, 0.15) is 17.4 Å². The molecule has 7 atom stereocenters. The molecule has 0 aliphatic carbocycles. The maximum Gasteiger partial charge on any atom is 0.312 e. The van der Waals surface area contributed by atoms with Gasteiger partial charge in [-0.05, 0) is 49.9 Å². The highest BCUT2D eigenvalue weighted by atomic mass is 79.9. The van der Waals surface area contributed by atoms with Crippen molar-refractivity contribution in [1.82, 2.24) is 4.90 Å². The Bertz CT molecular complexity index is 971. The van der Waals surface area contributed by atoms with Gasteiger partial charge < -0.3 is 29.5 Å². The van der Waals surface area contributed by atoms with E-state index in [1.54, 1.807) is 38.3 Å². The van der Waals surface area contributed by atoms with Crippen LogP contribution in [-0.2, 0) is 23.9 Å². The molecule has 35 heavy (non-hydrogen) atoms. The van der Waals surface area contributed by atoms with Crippen molar-refractivity contribution < 1.29 is 33.7 Å². The predicted octanol–water partition coefficient (Wildman–Crippen LogP) is 2.35. The smallest absolute Gasteiger partial charge is 0.312 e. The minimum atomic E-state index is -1.20. The monoisotopic (exact) mass is 552 g/mol. The lowest BCUT2D eigenvalue weighted by molar-refractivity contribution is -0.155. The third kappa shape index (κ3) is 4.34. The molecular weight excluding hydrogens is 520 g/mol. The molecule has 3 fully saturated rings. The summed E-state index contributed by atoms with van der Waals surface area (Å²) in [5.74, 6) is -2.12. The van der Waals surface area contributed by atoms with Crippen molar-refractivity contribution in [3.05, 3.63) is 24.3 Å². The number of carbonyl (C=O) groups excluding carboxylic acids is 3. The van der Waals surface area contributed by atoms with Crippen LogP contribution in [0.25, 0.3) is 0 Å². The van der Waals surface area contributed by atoms with Crippen molar-refractivity contribution in [1.29, 1.82) is 0 Å². The molecule has 3 saturated heterocycles. The summed E-state index contributed by atoms with van der Waals surface area (Å²) >= 11 is 3.62. The molecule has 4 rings (SSSR count). The summed E-state index contributed by atoms with van der Waals surface area (Å²) in [4.78, 5) is 42.0. The van der Waals surface area contributed by atoms with Gasteiger partial charge in [0.25, 0.3) is 0 Å². The van der Waals surface area contributed by atoms with Crippen molar-refractivity contribution in [2.45, 2.75) is 62.2 Å². The second-order valence-corrected chi connectivity index (χ2v) is 11.0. The van der Waals surface area contributed by atoms with Crippen LogP contribution in [0, 0.1) is 17.8 Å². The molecule has 9 nitrogen and oxygen atoms in total. The molecule has 2 bridgehead atoms. The molecule has 3 aliphatic heterocycles. The molecule has 0 radical (unpaired) electrons. The second kappa shape index (κ2) is 10.1.